The molecule has 16 heavy (non-hydrogen) atoms. The summed E-state index contributed by atoms with van der Waals surface area (Å²) < 4.78 is 0. The molecule has 0 radical (unpaired) electrons. The highest BCUT2D eigenvalue weighted by molar-refractivity contribution is 7.99. The zero-order valence-corrected chi connectivity index (χ0v) is 10.5. The van der Waals surface area contributed by atoms with Crippen LogP contribution < -0.4 is 5.32 Å². The molecule has 0 bridgehead atoms. The Morgan fingerprint density at radius 3 is 2.62 bits per heavy atom. The number of benzene rings is 1. The molecule has 1 aromatic carbocycles. The summed E-state index contributed by atoms with van der Waals surface area (Å²) in [5.41, 5.74) is 1.32. The quantitative estimate of drug-likeness (QED) is 0.581. The second-order valence-electron chi connectivity index (χ2n) is 3.64. The maximum absolute atomic E-state index is 8.40. The Morgan fingerprint density at radius 2 is 2.00 bits per heavy atom. The second-order valence-corrected chi connectivity index (χ2v) is 4.81. The molecule has 1 N–H and O–H groups in total. The van der Waals surface area contributed by atoms with Gasteiger partial charge in [-0.1, -0.05) is 12.1 Å². The van der Waals surface area contributed by atoms with E-state index in [9.17, 15) is 0 Å². The average molecular weight is 234 g/mol. The van der Waals surface area contributed by atoms with Crippen molar-refractivity contribution in [2.45, 2.75) is 30.7 Å². The van der Waals surface area contributed by atoms with Crippen molar-refractivity contribution >= 4 is 11.8 Å². The predicted octanol–water partition coefficient (Wildman–Crippen LogP) is 3.19. The van der Waals surface area contributed by atoms with Gasteiger partial charge in [-0.2, -0.15) is 5.26 Å². The Labute approximate surface area is 102 Å². The molecule has 86 valence electrons. The molecule has 1 aromatic rings. The molecular weight excluding hydrogens is 216 g/mol. The van der Waals surface area contributed by atoms with Gasteiger partial charge in [0.1, 0.15) is 0 Å². The smallest absolute Gasteiger partial charge is 0.0621 e. The standard InChI is InChI=1S/C13H18N2S/c1-15-11-12-5-7-13(8-6-12)16-10-4-2-3-9-14/h5-8,15H,2-4,10-11H2,1H3. The van der Waals surface area contributed by atoms with Crippen molar-refractivity contribution in [2.24, 2.45) is 0 Å². The van der Waals surface area contributed by atoms with Gasteiger partial charge in [-0.25, -0.2) is 0 Å². The first-order valence-electron chi connectivity index (χ1n) is 5.60. The van der Waals surface area contributed by atoms with Crippen LogP contribution in [0, 0.1) is 11.3 Å². The molecule has 0 aliphatic carbocycles. The summed E-state index contributed by atoms with van der Waals surface area (Å²) in [7, 11) is 1.96. The Morgan fingerprint density at radius 1 is 1.25 bits per heavy atom. The zero-order valence-electron chi connectivity index (χ0n) is 9.70. The van der Waals surface area contributed by atoms with E-state index in [-0.39, 0.29) is 0 Å². The first kappa shape index (κ1) is 13.1. The first-order valence-corrected chi connectivity index (χ1v) is 6.58. The van der Waals surface area contributed by atoms with Gasteiger partial charge in [0.2, 0.25) is 0 Å². The van der Waals surface area contributed by atoms with Crippen molar-refractivity contribution in [1.82, 2.24) is 5.32 Å². The molecule has 0 amide bonds. The van der Waals surface area contributed by atoms with Gasteiger partial charge in [0, 0.05) is 17.9 Å². The molecule has 0 aliphatic heterocycles. The van der Waals surface area contributed by atoms with Gasteiger partial charge in [-0.15, -0.1) is 11.8 Å². The van der Waals surface area contributed by atoms with Crippen LogP contribution in [0.4, 0.5) is 0 Å². The van der Waals surface area contributed by atoms with E-state index in [2.05, 4.69) is 35.7 Å². The molecular formula is C13H18N2S. The summed E-state index contributed by atoms with van der Waals surface area (Å²) in [6.07, 6.45) is 2.82. The third-order valence-electron chi connectivity index (χ3n) is 2.26. The third-order valence-corrected chi connectivity index (χ3v) is 3.35. The van der Waals surface area contributed by atoms with Crippen LogP contribution >= 0.6 is 11.8 Å². The monoisotopic (exact) mass is 234 g/mol. The highest BCUT2D eigenvalue weighted by Gasteiger charge is 1.95. The summed E-state index contributed by atoms with van der Waals surface area (Å²) in [6.45, 7) is 0.924. The van der Waals surface area contributed by atoms with Crippen LogP contribution in [0.5, 0.6) is 0 Å². The summed E-state index contributed by atoms with van der Waals surface area (Å²) in [5.74, 6) is 1.10. The fraction of sp³-hybridized carbons (Fsp3) is 0.462. The maximum Gasteiger partial charge on any atom is 0.0621 e. The lowest BCUT2D eigenvalue weighted by Gasteiger charge is -2.03. The molecule has 0 aromatic heterocycles. The Hall–Kier alpha value is -0.980. The topological polar surface area (TPSA) is 35.8 Å². The van der Waals surface area contributed by atoms with Gasteiger partial charge in [0.25, 0.3) is 0 Å². The van der Waals surface area contributed by atoms with E-state index in [0.29, 0.717) is 6.42 Å². The van der Waals surface area contributed by atoms with E-state index in [1.54, 1.807) is 0 Å². The number of unbranched alkanes of at least 4 members (excludes halogenated alkanes) is 2. The lowest BCUT2D eigenvalue weighted by atomic mass is 10.2. The predicted molar refractivity (Wildman–Crippen MR) is 69.4 cm³/mol. The van der Waals surface area contributed by atoms with Crippen LogP contribution in [-0.4, -0.2) is 12.8 Å². The molecule has 0 unspecified atom stereocenters. The first-order chi connectivity index (χ1) is 7.86. The molecule has 0 aliphatic rings. The van der Waals surface area contributed by atoms with E-state index >= 15 is 0 Å². The van der Waals surface area contributed by atoms with Gasteiger partial charge in [-0.3, -0.25) is 0 Å². The number of thioether (sulfide) groups is 1. The molecule has 0 saturated heterocycles. The normalized spacial score (nSPS) is 10.0. The second kappa shape index (κ2) is 8.20. The van der Waals surface area contributed by atoms with Crippen LogP contribution in [0.25, 0.3) is 0 Å². The van der Waals surface area contributed by atoms with Gasteiger partial charge in [-0.05, 0) is 43.3 Å². The third kappa shape index (κ3) is 5.20. The number of nitriles is 1. The Balaban J connectivity index is 2.24. The number of rotatable bonds is 7. The lowest BCUT2D eigenvalue weighted by Crippen LogP contribution is -2.04. The van der Waals surface area contributed by atoms with E-state index in [1.165, 1.54) is 10.5 Å². The highest BCUT2D eigenvalue weighted by atomic mass is 32.2. The van der Waals surface area contributed by atoms with Crippen molar-refractivity contribution in [3.05, 3.63) is 29.8 Å². The summed E-state index contributed by atoms with van der Waals surface area (Å²) in [4.78, 5) is 1.32. The summed E-state index contributed by atoms with van der Waals surface area (Å²) in [6, 6.07) is 10.8. The van der Waals surface area contributed by atoms with Gasteiger partial charge in [0.15, 0.2) is 0 Å². The minimum atomic E-state index is 0.682. The fourth-order valence-electron chi connectivity index (χ4n) is 1.40. The van der Waals surface area contributed by atoms with Crippen molar-refractivity contribution in [3.8, 4) is 6.07 Å². The van der Waals surface area contributed by atoms with Gasteiger partial charge >= 0.3 is 0 Å². The minimum Gasteiger partial charge on any atom is -0.316 e. The number of nitrogens with zero attached hydrogens (tertiary/aromatic N) is 1. The maximum atomic E-state index is 8.40. The molecule has 0 fully saturated rings. The number of hydrogen-bond donors (Lipinski definition) is 1. The molecule has 3 heteroatoms. The van der Waals surface area contributed by atoms with Crippen molar-refractivity contribution < 1.29 is 0 Å². The molecule has 0 saturated carbocycles. The number of hydrogen-bond acceptors (Lipinski definition) is 3. The van der Waals surface area contributed by atoms with Crippen LogP contribution in [0.15, 0.2) is 29.2 Å². The molecule has 1 rings (SSSR count). The van der Waals surface area contributed by atoms with Gasteiger partial charge in [0.05, 0.1) is 6.07 Å². The van der Waals surface area contributed by atoms with E-state index < -0.39 is 0 Å². The van der Waals surface area contributed by atoms with Crippen LogP contribution in [0.1, 0.15) is 24.8 Å². The summed E-state index contributed by atoms with van der Waals surface area (Å²) >= 11 is 1.87. The SMILES string of the molecule is CNCc1ccc(SCCCCC#N)cc1. The van der Waals surface area contributed by atoms with Gasteiger partial charge < -0.3 is 5.32 Å². The van der Waals surface area contributed by atoms with Crippen molar-refractivity contribution in [2.75, 3.05) is 12.8 Å². The zero-order chi connectivity index (χ0) is 11.6. The highest BCUT2D eigenvalue weighted by Crippen LogP contribution is 2.20. The van der Waals surface area contributed by atoms with Crippen LogP contribution in [0.2, 0.25) is 0 Å². The van der Waals surface area contributed by atoms with Crippen molar-refractivity contribution in [1.29, 1.82) is 5.26 Å². The van der Waals surface area contributed by atoms with E-state index in [1.807, 2.05) is 18.8 Å². The fourth-order valence-corrected chi connectivity index (χ4v) is 2.32. The van der Waals surface area contributed by atoms with E-state index in [0.717, 1.165) is 25.1 Å². The Kier molecular flexibility index (Phi) is 6.71. The molecule has 2 nitrogen and oxygen atoms in total. The van der Waals surface area contributed by atoms with Crippen molar-refractivity contribution in [3.63, 3.8) is 0 Å². The minimum absolute atomic E-state index is 0.682. The summed E-state index contributed by atoms with van der Waals surface area (Å²) in [5, 5.41) is 11.5. The largest absolute Gasteiger partial charge is 0.316 e. The average Bonchev–Trinajstić information content (AvgIpc) is 2.31. The Bertz CT molecular complexity index is 327. The molecule has 0 atom stereocenters. The lowest BCUT2D eigenvalue weighted by molar-refractivity contribution is 0.816. The van der Waals surface area contributed by atoms with E-state index in [4.69, 9.17) is 5.26 Å². The number of nitrogens with one attached hydrogen (secondary N) is 1. The molecule has 0 spiro atoms. The van der Waals surface area contributed by atoms with Crippen LogP contribution in [-0.2, 0) is 6.54 Å². The molecule has 0 heterocycles. The van der Waals surface area contributed by atoms with Crippen LogP contribution in [0.3, 0.4) is 0 Å².